The zero-order chi connectivity index (χ0) is 22.9. The molecule has 0 radical (unpaired) electrons. The van der Waals surface area contributed by atoms with Crippen molar-refractivity contribution in [3.8, 4) is 0 Å². The summed E-state index contributed by atoms with van der Waals surface area (Å²) >= 11 is 1.37. The fourth-order valence-electron chi connectivity index (χ4n) is 4.29. The van der Waals surface area contributed by atoms with Gasteiger partial charge in [0.2, 0.25) is 0 Å². The molecule has 0 fully saturated rings. The Kier molecular flexibility index (Phi) is 5.65. The molecule has 2 heterocycles. The first-order chi connectivity index (χ1) is 16.0. The van der Waals surface area contributed by atoms with Gasteiger partial charge in [-0.15, -0.1) is 0 Å². The summed E-state index contributed by atoms with van der Waals surface area (Å²) in [5.74, 6) is -0.438. The summed E-state index contributed by atoms with van der Waals surface area (Å²) in [5.41, 5.74) is 4.66. The van der Waals surface area contributed by atoms with Crippen molar-refractivity contribution >= 4 is 40.1 Å². The number of hydrogen-bond acceptors (Lipinski definition) is 3. The number of aromatic nitrogens is 1. The second kappa shape index (κ2) is 8.75. The van der Waals surface area contributed by atoms with Crippen LogP contribution in [0.4, 0.5) is 0 Å². The highest BCUT2D eigenvalue weighted by Crippen LogP contribution is 2.39. The van der Waals surface area contributed by atoms with Gasteiger partial charge in [0.05, 0.1) is 10.5 Å². The van der Waals surface area contributed by atoms with E-state index in [2.05, 4.69) is 22.9 Å². The van der Waals surface area contributed by atoms with Crippen molar-refractivity contribution in [2.75, 3.05) is 6.54 Å². The van der Waals surface area contributed by atoms with Crippen molar-refractivity contribution in [3.63, 3.8) is 0 Å². The fraction of sp³-hybridized carbons (Fsp3) is 0.143. The Bertz CT molecular complexity index is 1380. The molecule has 0 aliphatic carbocycles. The number of nitrogens with zero attached hydrogens (tertiary/aromatic N) is 2. The van der Waals surface area contributed by atoms with Crippen LogP contribution in [0.5, 0.6) is 0 Å². The van der Waals surface area contributed by atoms with Gasteiger partial charge in [-0.25, -0.2) is 0 Å². The number of rotatable bonds is 6. The van der Waals surface area contributed by atoms with E-state index in [1.807, 2.05) is 80.7 Å². The standard InChI is InChI=1S/C28H24N2O2S/c1-19-12-14-20(15-13-19)25-26(33-22-8-4-3-5-9-22)28(32)30(27(25)31)17-16-21-18-29(2)24-11-7-6-10-23(21)24/h3-15,18H,16-17H2,1-2H3. The van der Waals surface area contributed by atoms with Gasteiger partial charge < -0.3 is 4.57 Å². The number of imide groups is 1. The van der Waals surface area contributed by atoms with Gasteiger partial charge >= 0.3 is 0 Å². The zero-order valence-electron chi connectivity index (χ0n) is 18.6. The number of hydrogen-bond donors (Lipinski definition) is 0. The second-order valence-corrected chi connectivity index (χ2v) is 9.36. The Labute approximate surface area is 197 Å². The van der Waals surface area contributed by atoms with Gasteiger partial charge in [-0.05, 0) is 42.7 Å². The molecule has 1 aromatic heterocycles. The van der Waals surface area contributed by atoms with Crippen molar-refractivity contribution in [2.45, 2.75) is 18.2 Å². The number of amides is 2. The first-order valence-corrected chi connectivity index (χ1v) is 11.8. The predicted molar refractivity (Wildman–Crippen MR) is 134 cm³/mol. The molecule has 5 heteroatoms. The van der Waals surface area contributed by atoms with E-state index in [1.54, 1.807) is 0 Å². The molecule has 164 valence electrons. The fourth-order valence-corrected chi connectivity index (χ4v) is 5.32. The molecular formula is C28H24N2O2S. The molecule has 0 unspecified atom stereocenters. The summed E-state index contributed by atoms with van der Waals surface area (Å²) in [5, 5.41) is 1.16. The molecule has 0 atom stereocenters. The molecule has 0 bridgehead atoms. The summed E-state index contributed by atoms with van der Waals surface area (Å²) in [7, 11) is 2.02. The monoisotopic (exact) mass is 452 g/mol. The highest BCUT2D eigenvalue weighted by Gasteiger charge is 2.39. The summed E-state index contributed by atoms with van der Waals surface area (Å²) in [6, 6.07) is 25.7. The molecule has 0 saturated heterocycles. The minimum atomic E-state index is -0.220. The van der Waals surface area contributed by atoms with Crippen LogP contribution in [0.15, 0.2) is 94.9 Å². The Balaban J connectivity index is 1.47. The SMILES string of the molecule is Cc1ccc(C2=C(Sc3ccccc3)C(=O)N(CCc3cn(C)c4ccccc34)C2=O)cc1. The molecule has 4 aromatic rings. The van der Waals surface area contributed by atoms with E-state index in [0.717, 1.165) is 32.5 Å². The third kappa shape index (κ3) is 4.00. The average molecular weight is 453 g/mol. The van der Waals surface area contributed by atoms with Crippen LogP contribution in [0.25, 0.3) is 16.5 Å². The lowest BCUT2D eigenvalue weighted by Crippen LogP contribution is -2.33. The van der Waals surface area contributed by atoms with Gasteiger partial charge in [0.1, 0.15) is 0 Å². The summed E-state index contributed by atoms with van der Waals surface area (Å²) in [6.45, 7) is 2.36. The van der Waals surface area contributed by atoms with Crippen molar-refractivity contribution in [2.24, 2.45) is 7.05 Å². The molecule has 33 heavy (non-hydrogen) atoms. The maximum atomic E-state index is 13.5. The van der Waals surface area contributed by atoms with Crippen LogP contribution in [0, 0.1) is 6.92 Å². The summed E-state index contributed by atoms with van der Waals surface area (Å²) < 4.78 is 2.09. The molecule has 4 nitrogen and oxygen atoms in total. The van der Waals surface area contributed by atoms with Crippen LogP contribution in [0.1, 0.15) is 16.7 Å². The van der Waals surface area contributed by atoms with Crippen LogP contribution < -0.4 is 0 Å². The van der Waals surface area contributed by atoms with Crippen LogP contribution in [0.2, 0.25) is 0 Å². The van der Waals surface area contributed by atoms with Crippen LogP contribution in [-0.4, -0.2) is 27.8 Å². The van der Waals surface area contributed by atoms with Crippen molar-refractivity contribution in [1.29, 1.82) is 0 Å². The largest absolute Gasteiger partial charge is 0.350 e. The zero-order valence-corrected chi connectivity index (χ0v) is 19.4. The van der Waals surface area contributed by atoms with E-state index in [0.29, 0.717) is 23.4 Å². The van der Waals surface area contributed by atoms with E-state index < -0.39 is 0 Å². The highest BCUT2D eigenvalue weighted by molar-refractivity contribution is 8.04. The van der Waals surface area contributed by atoms with Crippen molar-refractivity contribution < 1.29 is 9.59 Å². The molecule has 3 aromatic carbocycles. The minimum absolute atomic E-state index is 0.218. The third-order valence-electron chi connectivity index (χ3n) is 6.01. The molecule has 0 spiro atoms. The quantitative estimate of drug-likeness (QED) is 0.358. The first-order valence-electron chi connectivity index (χ1n) is 11.0. The number of carbonyl (C=O) groups is 2. The normalized spacial score (nSPS) is 14.1. The highest BCUT2D eigenvalue weighted by atomic mass is 32.2. The number of benzene rings is 3. The van der Waals surface area contributed by atoms with Crippen LogP contribution in [0.3, 0.4) is 0 Å². The third-order valence-corrected chi connectivity index (χ3v) is 7.10. The first kappa shape index (κ1) is 21.3. The van der Waals surface area contributed by atoms with Crippen molar-refractivity contribution in [3.05, 3.63) is 107 Å². The van der Waals surface area contributed by atoms with E-state index in [-0.39, 0.29) is 11.8 Å². The lowest BCUT2D eigenvalue weighted by molar-refractivity contribution is -0.136. The van der Waals surface area contributed by atoms with Crippen LogP contribution in [-0.2, 0) is 23.1 Å². The summed E-state index contributed by atoms with van der Waals surface area (Å²) in [6.07, 6.45) is 2.70. The van der Waals surface area contributed by atoms with Gasteiger partial charge in [-0.2, -0.15) is 0 Å². The average Bonchev–Trinajstić information content (AvgIpc) is 3.27. The van der Waals surface area contributed by atoms with E-state index in [4.69, 9.17) is 0 Å². The molecule has 0 saturated carbocycles. The van der Waals surface area contributed by atoms with Gasteiger partial charge in [-0.1, -0.05) is 78.0 Å². The van der Waals surface area contributed by atoms with Crippen molar-refractivity contribution in [1.82, 2.24) is 9.47 Å². The number of para-hydroxylation sites is 1. The van der Waals surface area contributed by atoms with E-state index in [1.165, 1.54) is 16.7 Å². The van der Waals surface area contributed by atoms with Crippen LogP contribution >= 0.6 is 11.8 Å². The molecule has 2 amide bonds. The van der Waals surface area contributed by atoms with E-state index in [9.17, 15) is 9.59 Å². The maximum Gasteiger partial charge on any atom is 0.268 e. The number of aryl methyl sites for hydroxylation is 2. The minimum Gasteiger partial charge on any atom is -0.350 e. The van der Waals surface area contributed by atoms with Gasteiger partial charge in [0, 0.05) is 35.6 Å². The van der Waals surface area contributed by atoms with E-state index >= 15 is 0 Å². The Morgan fingerprint density at radius 2 is 1.52 bits per heavy atom. The van der Waals surface area contributed by atoms with Gasteiger partial charge in [0.15, 0.2) is 0 Å². The number of carbonyl (C=O) groups excluding carboxylic acids is 2. The predicted octanol–water partition coefficient (Wildman–Crippen LogP) is 5.60. The molecule has 5 rings (SSSR count). The number of fused-ring (bicyclic) bond motifs is 1. The summed E-state index contributed by atoms with van der Waals surface area (Å²) in [4.78, 5) is 29.8. The van der Waals surface area contributed by atoms with Gasteiger partial charge in [0.25, 0.3) is 11.8 Å². The van der Waals surface area contributed by atoms with Gasteiger partial charge in [-0.3, -0.25) is 14.5 Å². The Morgan fingerprint density at radius 1 is 0.818 bits per heavy atom. The lowest BCUT2D eigenvalue weighted by atomic mass is 10.0. The molecule has 0 N–H and O–H groups in total. The Morgan fingerprint density at radius 3 is 2.27 bits per heavy atom. The molecule has 1 aliphatic rings. The topological polar surface area (TPSA) is 42.3 Å². The second-order valence-electron chi connectivity index (χ2n) is 8.28. The number of thioether (sulfide) groups is 1. The molecular weight excluding hydrogens is 428 g/mol. The lowest BCUT2D eigenvalue weighted by Gasteiger charge is -2.15. The maximum absolute atomic E-state index is 13.5. The smallest absolute Gasteiger partial charge is 0.268 e. The Hall–Kier alpha value is -3.57. The molecule has 1 aliphatic heterocycles.